The van der Waals surface area contributed by atoms with Gasteiger partial charge in [-0.1, -0.05) is 6.42 Å². The Bertz CT molecular complexity index is 343. The number of rotatable bonds is 4. The van der Waals surface area contributed by atoms with Gasteiger partial charge in [0.05, 0.1) is 5.92 Å². The maximum atomic E-state index is 12.7. The van der Waals surface area contributed by atoms with Crippen molar-refractivity contribution in [1.82, 2.24) is 15.5 Å². The molecule has 1 saturated carbocycles. The monoisotopic (exact) mass is 307 g/mol. The number of amides is 1. The molecular formula is C14H24F3N3O. The van der Waals surface area contributed by atoms with E-state index in [0.29, 0.717) is 19.4 Å². The molecule has 2 unspecified atom stereocenters. The number of carbonyl (C=O) groups is 1. The Labute approximate surface area is 123 Å². The van der Waals surface area contributed by atoms with Crippen LogP contribution < -0.4 is 10.6 Å². The largest absolute Gasteiger partial charge is 0.391 e. The van der Waals surface area contributed by atoms with Gasteiger partial charge in [-0.25, -0.2) is 0 Å². The highest BCUT2D eigenvalue weighted by molar-refractivity contribution is 5.78. The van der Waals surface area contributed by atoms with Crippen molar-refractivity contribution < 1.29 is 18.0 Å². The summed E-state index contributed by atoms with van der Waals surface area (Å²) >= 11 is 0. The minimum absolute atomic E-state index is 0.0526. The van der Waals surface area contributed by atoms with Gasteiger partial charge in [0.15, 0.2) is 0 Å². The van der Waals surface area contributed by atoms with Gasteiger partial charge in [-0.05, 0) is 19.3 Å². The molecule has 1 aliphatic heterocycles. The van der Waals surface area contributed by atoms with Gasteiger partial charge in [0, 0.05) is 45.2 Å². The third-order valence-corrected chi connectivity index (χ3v) is 4.44. The van der Waals surface area contributed by atoms with Crippen molar-refractivity contribution in [1.29, 1.82) is 0 Å². The predicted octanol–water partition coefficient (Wildman–Crippen LogP) is 1.38. The van der Waals surface area contributed by atoms with E-state index in [4.69, 9.17) is 0 Å². The van der Waals surface area contributed by atoms with Crippen molar-refractivity contribution in [3.05, 3.63) is 0 Å². The third kappa shape index (κ3) is 5.14. The van der Waals surface area contributed by atoms with E-state index >= 15 is 0 Å². The SMILES string of the molecule is O=C(NCCN1CCNCC1)C1CCCC(C(F)(F)F)C1. The second kappa shape index (κ2) is 7.45. The van der Waals surface area contributed by atoms with Crippen LogP contribution in [0.15, 0.2) is 0 Å². The molecule has 0 radical (unpaired) electrons. The maximum Gasteiger partial charge on any atom is 0.391 e. The van der Waals surface area contributed by atoms with Crippen LogP contribution in [0, 0.1) is 11.8 Å². The van der Waals surface area contributed by atoms with E-state index in [1.807, 2.05) is 0 Å². The summed E-state index contributed by atoms with van der Waals surface area (Å²) in [6.45, 7) is 5.09. The van der Waals surface area contributed by atoms with Crippen molar-refractivity contribution in [2.45, 2.75) is 31.9 Å². The first-order valence-corrected chi connectivity index (χ1v) is 7.74. The zero-order valence-electron chi connectivity index (χ0n) is 12.2. The van der Waals surface area contributed by atoms with E-state index < -0.39 is 18.0 Å². The first-order chi connectivity index (χ1) is 9.97. The highest BCUT2D eigenvalue weighted by Gasteiger charge is 2.43. The molecule has 2 fully saturated rings. The molecule has 0 bridgehead atoms. The highest BCUT2D eigenvalue weighted by Crippen LogP contribution is 2.39. The Morgan fingerprint density at radius 3 is 2.62 bits per heavy atom. The van der Waals surface area contributed by atoms with Crippen molar-refractivity contribution in [2.75, 3.05) is 39.3 Å². The first-order valence-electron chi connectivity index (χ1n) is 7.74. The van der Waals surface area contributed by atoms with Crippen LogP contribution in [0.2, 0.25) is 0 Å². The lowest BCUT2D eigenvalue weighted by Crippen LogP contribution is -2.47. The van der Waals surface area contributed by atoms with Crippen LogP contribution >= 0.6 is 0 Å². The summed E-state index contributed by atoms with van der Waals surface area (Å²) in [4.78, 5) is 14.2. The number of alkyl halides is 3. The van der Waals surface area contributed by atoms with Gasteiger partial charge < -0.3 is 10.6 Å². The molecule has 2 atom stereocenters. The fourth-order valence-corrected chi connectivity index (χ4v) is 3.14. The number of halogens is 3. The Hall–Kier alpha value is -0.820. The van der Waals surface area contributed by atoms with Gasteiger partial charge in [0.25, 0.3) is 0 Å². The summed E-state index contributed by atoms with van der Waals surface area (Å²) < 4.78 is 38.2. The Kier molecular flexibility index (Phi) is 5.87. The van der Waals surface area contributed by atoms with Gasteiger partial charge in [-0.3, -0.25) is 9.69 Å². The quantitative estimate of drug-likeness (QED) is 0.825. The number of nitrogens with one attached hydrogen (secondary N) is 2. The second-order valence-electron chi connectivity index (χ2n) is 5.98. The van der Waals surface area contributed by atoms with Gasteiger partial charge in [0.2, 0.25) is 5.91 Å². The van der Waals surface area contributed by atoms with Crippen molar-refractivity contribution in [2.24, 2.45) is 11.8 Å². The maximum absolute atomic E-state index is 12.7. The van der Waals surface area contributed by atoms with Gasteiger partial charge in [0.1, 0.15) is 0 Å². The molecule has 122 valence electrons. The van der Waals surface area contributed by atoms with Gasteiger partial charge in [-0.2, -0.15) is 13.2 Å². The fraction of sp³-hybridized carbons (Fsp3) is 0.929. The van der Waals surface area contributed by atoms with Crippen molar-refractivity contribution in [3.8, 4) is 0 Å². The van der Waals surface area contributed by atoms with E-state index in [9.17, 15) is 18.0 Å². The van der Waals surface area contributed by atoms with E-state index in [1.54, 1.807) is 0 Å². The normalized spacial score (nSPS) is 28.3. The molecule has 2 rings (SSSR count). The number of hydrogen-bond acceptors (Lipinski definition) is 3. The van der Waals surface area contributed by atoms with E-state index in [2.05, 4.69) is 15.5 Å². The first kappa shape index (κ1) is 16.5. The zero-order valence-corrected chi connectivity index (χ0v) is 12.2. The summed E-state index contributed by atoms with van der Waals surface area (Å²) in [6, 6.07) is 0. The molecule has 0 aromatic carbocycles. The van der Waals surface area contributed by atoms with Crippen LogP contribution in [0.5, 0.6) is 0 Å². The Balaban J connectivity index is 1.70. The molecule has 1 saturated heterocycles. The number of carbonyl (C=O) groups excluding carboxylic acids is 1. The molecule has 2 N–H and O–H groups in total. The van der Waals surface area contributed by atoms with Crippen LogP contribution in [0.1, 0.15) is 25.7 Å². The van der Waals surface area contributed by atoms with E-state index in [0.717, 1.165) is 32.7 Å². The lowest BCUT2D eigenvalue weighted by atomic mass is 9.80. The molecule has 21 heavy (non-hydrogen) atoms. The summed E-state index contributed by atoms with van der Waals surface area (Å²) in [5, 5.41) is 6.05. The summed E-state index contributed by atoms with van der Waals surface area (Å²) in [6.07, 6.45) is -3.00. The molecule has 0 aromatic rings. The zero-order chi connectivity index (χ0) is 15.3. The molecule has 1 amide bonds. The molecule has 0 aromatic heterocycles. The smallest absolute Gasteiger partial charge is 0.355 e. The average Bonchev–Trinajstić information content (AvgIpc) is 2.47. The lowest BCUT2D eigenvalue weighted by Gasteiger charge is -2.30. The highest BCUT2D eigenvalue weighted by atomic mass is 19.4. The third-order valence-electron chi connectivity index (χ3n) is 4.44. The number of nitrogens with zero attached hydrogens (tertiary/aromatic N) is 1. The second-order valence-corrected chi connectivity index (χ2v) is 5.98. The number of hydrogen-bond donors (Lipinski definition) is 2. The average molecular weight is 307 g/mol. The molecule has 0 spiro atoms. The number of piperazine rings is 1. The molecule has 1 heterocycles. The van der Waals surface area contributed by atoms with Crippen LogP contribution in [0.4, 0.5) is 13.2 Å². The molecular weight excluding hydrogens is 283 g/mol. The van der Waals surface area contributed by atoms with Crippen molar-refractivity contribution in [3.63, 3.8) is 0 Å². The Morgan fingerprint density at radius 1 is 1.24 bits per heavy atom. The lowest BCUT2D eigenvalue weighted by molar-refractivity contribution is -0.186. The fourth-order valence-electron chi connectivity index (χ4n) is 3.14. The summed E-state index contributed by atoms with van der Waals surface area (Å²) in [7, 11) is 0. The van der Waals surface area contributed by atoms with Crippen LogP contribution in [0.3, 0.4) is 0 Å². The van der Waals surface area contributed by atoms with Crippen LogP contribution in [-0.2, 0) is 4.79 Å². The van der Waals surface area contributed by atoms with Crippen LogP contribution in [-0.4, -0.2) is 56.3 Å². The van der Waals surface area contributed by atoms with Gasteiger partial charge >= 0.3 is 6.18 Å². The molecule has 1 aliphatic carbocycles. The van der Waals surface area contributed by atoms with E-state index in [1.165, 1.54) is 0 Å². The molecule has 4 nitrogen and oxygen atoms in total. The van der Waals surface area contributed by atoms with Crippen LogP contribution in [0.25, 0.3) is 0 Å². The topological polar surface area (TPSA) is 44.4 Å². The standard InChI is InChI=1S/C14H24F3N3O/c15-14(16,17)12-3-1-2-11(10-12)13(21)19-6-9-20-7-4-18-5-8-20/h11-12,18H,1-10H2,(H,19,21). The summed E-state index contributed by atoms with van der Waals surface area (Å²) in [5.74, 6) is -2.00. The minimum atomic E-state index is -4.17. The molecule has 7 heteroatoms. The van der Waals surface area contributed by atoms with E-state index in [-0.39, 0.29) is 18.7 Å². The van der Waals surface area contributed by atoms with Crippen molar-refractivity contribution >= 4 is 5.91 Å². The summed E-state index contributed by atoms with van der Waals surface area (Å²) in [5.41, 5.74) is 0. The molecule has 2 aliphatic rings. The predicted molar refractivity (Wildman–Crippen MR) is 73.8 cm³/mol. The Morgan fingerprint density at radius 2 is 1.95 bits per heavy atom. The minimum Gasteiger partial charge on any atom is -0.355 e. The van der Waals surface area contributed by atoms with Gasteiger partial charge in [-0.15, -0.1) is 0 Å².